The molecule has 0 radical (unpaired) electrons. The summed E-state index contributed by atoms with van der Waals surface area (Å²) in [6.07, 6.45) is -5.01. The zero-order valence-corrected chi connectivity index (χ0v) is 15.5. The molecular weight excluding hydrogens is 365 g/mol. The van der Waals surface area contributed by atoms with Gasteiger partial charge in [-0.15, -0.1) is 0 Å². The van der Waals surface area contributed by atoms with Gasteiger partial charge in [0.1, 0.15) is 5.60 Å². The van der Waals surface area contributed by atoms with Crippen molar-refractivity contribution in [3.8, 4) is 0 Å². The molecule has 27 heavy (non-hydrogen) atoms. The van der Waals surface area contributed by atoms with E-state index in [0.717, 1.165) is 6.07 Å². The van der Waals surface area contributed by atoms with Gasteiger partial charge in [-0.3, -0.25) is 4.90 Å². The number of carboxylic acid groups (broad SMARTS) is 1. The number of carboxylic acids is 1. The largest absolute Gasteiger partial charge is 0.478 e. The van der Waals surface area contributed by atoms with Gasteiger partial charge in [-0.2, -0.15) is 13.2 Å². The maximum atomic E-state index is 12.8. The van der Waals surface area contributed by atoms with Crippen LogP contribution in [0.2, 0.25) is 0 Å². The topological polar surface area (TPSA) is 70.1 Å². The van der Waals surface area contributed by atoms with E-state index in [1.165, 1.54) is 6.07 Å². The number of carbonyl (C=O) groups is 2. The minimum Gasteiger partial charge on any atom is -0.478 e. The van der Waals surface area contributed by atoms with Crippen molar-refractivity contribution in [1.29, 1.82) is 0 Å². The summed E-state index contributed by atoms with van der Waals surface area (Å²) in [6.45, 7) is 7.27. The van der Waals surface area contributed by atoms with Gasteiger partial charge < -0.3 is 14.7 Å². The van der Waals surface area contributed by atoms with Crippen molar-refractivity contribution in [3.05, 3.63) is 34.9 Å². The number of ether oxygens (including phenoxy) is 1. The molecule has 1 aromatic rings. The summed E-state index contributed by atoms with van der Waals surface area (Å²) in [5.74, 6) is -1.40. The van der Waals surface area contributed by atoms with Crippen molar-refractivity contribution in [2.45, 2.75) is 39.1 Å². The molecule has 9 heteroatoms. The van der Waals surface area contributed by atoms with E-state index in [4.69, 9.17) is 4.74 Å². The van der Waals surface area contributed by atoms with Crippen molar-refractivity contribution >= 4 is 12.1 Å². The van der Waals surface area contributed by atoms with Crippen LogP contribution in [-0.4, -0.2) is 58.7 Å². The highest BCUT2D eigenvalue weighted by Crippen LogP contribution is 2.31. The summed E-state index contributed by atoms with van der Waals surface area (Å²) < 4.78 is 43.7. The lowest BCUT2D eigenvalue weighted by Gasteiger charge is -2.35. The van der Waals surface area contributed by atoms with Crippen molar-refractivity contribution < 1.29 is 32.6 Å². The van der Waals surface area contributed by atoms with Gasteiger partial charge in [0, 0.05) is 32.7 Å². The summed E-state index contributed by atoms with van der Waals surface area (Å²) >= 11 is 0. The molecule has 6 nitrogen and oxygen atoms in total. The number of amides is 1. The van der Waals surface area contributed by atoms with Gasteiger partial charge in [-0.1, -0.05) is 6.07 Å². The van der Waals surface area contributed by atoms with E-state index < -0.39 is 29.4 Å². The molecule has 1 N–H and O–H groups in total. The molecule has 0 unspecified atom stereocenters. The van der Waals surface area contributed by atoms with Crippen LogP contribution in [0.25, 0.3) is 0 Å². The van der Waals surface area contributed by atoms with Crippen LogP contribution in [0.15, 0.2) is 18.2 Å². The van der Waals surface area contributed by atoms with Crippen LogP contribution in [0.4, 0.5) is 18.0 Å². The minimum atomic E-state index is -4.60. The molecule has 0 atom stereocenters. The molecule has 1 aliphatic heterocycles. The smallest absolute Gasteiger partial charge is 0.416 e. The summed E-state index contributed by atoms with van der Waals surface area (Å²) in [7, 11) is 0. The first-order chi connectivity index (χ1) is 12.4. The Morgan fingerprint density at radius 2 is 1.70 bits per heavy atom. The number of nitrogens with zero attached hydrogens (tertiary/aromatic N) is 2. The monoisotopic (exact) mass is 388 g/mol. The van der Waals surface area contributed by atoms with E-state index in [2.05, 4.69) is 0 Å². The van der Waals surface area contributed by atoms with Crippen LogP contribution in [0.1, 0.15) is 42.3 Å². The maximum absolute atomic E-state index is 12.8. The third kappa shape index (κ3) is 5.85. The first-order valence-corrected chi connectivity index (χ1v) is 8.50. The van der Waals surface area contributed by atoms with Crippen LogP contribution in [0.5, 0.6) is 0 Å². The Morgan fingerprint density at radius 3 is 2.19 bits per heavy atom. The molecule has 1 aliphatic rings. The number of alkyl halides is 3. The van der Waals surface area contributed by atoms with Gasteiger partial charge in [0.25, 0.3) is 0 Å². The van der Waals surface area contributed by atoms with Gasteiger partial charge >= 0.3 is 18.2 Å². The average Bonchev–Trinajstić information content (AvgIpc) is 2.53. The van der Waals surface area contributed by atoms with Crippen LogP contribution >= 0.6 is 0 Å². The van der Waals surface area contributed by atoms with Crippen LogP contribution in [0, 0.1) is 0 Å². The molecule has 150 valence electrons. The Kier molecular flexibility index (Phi) is 6.04. The van der Waals surface area contributed by atoms with Gasteiger partial charge in [-0.05, 0) is 38.5 Å². The van der Waals surface area contributed by atoms with E-state index >= 15 is 0 Å². The van der Waals surface area contributed by atoms with Crippen LogP contribution < -0.4 is 0 Å². The Bertz CT molecular complexity index is 706. The number of aromatic carboxylic acids is 1. The Labute approximate surface area is 155 Å². The highest BCUT2D eigenvalue weighted by atomic mass is 19.4. The van der Waals surface area contributed by atoms with E-state index in [0.29, 0.717) is 37.8 Å². The number of hydrogen-bond acceptors (Lipinski definition) is 4. The Hall–Kier alpha value is -2.29. The molecule has 0 saturated carbocycles. The molecule has 1 aromatic carbocycles. The summed E-state index contributed by atoms with van der Waals surface area (Å²) in [5, 5.41) is 9.25. The fraction of sp³-hybridized carbons (Fsp3) is 0.556. The minimum absolute atomic E-state index is 0.196. The molecule has 1 fully saturated rings. The molecule has 1 amide bonds. The molecule has 0 aliphatic carbocycles. The summed E-state index contributed by atoms with van der Waals surface area (Å²) in [6, 6.07) is 2.75. The maximum Gasteiger partial charge on any atom is 0.416 e. The molecule has 0 bridgehead atoms. The third-order valence-corrected chi connectivity index (χ3v) is 4.09. The molecule has 1 saturated heterocycles. The van der Waals surface area contributed by atoms with E-state index in [9.17, 15) is 27.9 Å². The number of benzene rings is 1. The first-order valence-electron chi connectivity index (χ1n) is 8.50. The summed E-state index contributed by atoms with van der Waals surface area (Å²) in [4.78, 5) is 26.9. The van der Waals surface area contributed by atoms with Gasteiger partial charge in [0.2, 0.25) is 0 Å². The van der Waals surface area contributed by atoms with Crippen molar-refractivity contribution in [2.24, 2.45) is 0 Å². The van der Waals surface area contributed by atoms with Crippen molar-refractivity contribution in [3.63, 3.8) is 0 Å². The lowest BCUT2D eigenvalue weighted by atomic mass is 10.0. The number of piperazine rings is 1. The fourth-order valence-corrected chi connectivity index (χ4v) is 2.75. The normalized spacial score (nSPS) is 16.3. The van der Waals surface area contributed by atoms with Crippen LogP contribution in [0.3, 0.4) is 0 Å². The van der Waals surface area contributed by atoms with E-state index in [-0.39, 0.29) is 12.1 Å². The fourth-order valence-electron chi connectivity index (χ4n) is 2.75. The predicted octanol–water partition coefficient (Wildman–Crippen LogP) is 3.46. The SMILES string of the molecule is CC(C)(C)OC(=O)N1CCN(Cc2ccc(C(F)(F)F)cc2C(=O)O)CC1. The van der Waals surface area contributed by atoms with E-state index in [1.807, 2.05) is 4.90 Å². The summed E-state index contributed by atoms with van der Waals surface area (Å²) in [5.41, 5.74) is -1.64. The van der Waals surface area contributed by atoms with Crippen molar-refractivity contribution in [2.75, 3.05) is 26.2 Å². The van der Waals surface area contributed by atoms with Crippen molar-refractivity contribution in [1.82, 2.24) is 9.80 Å². The lowest BCUT2D eigenvalue weighted by molar-refractivity contribution is -0.137. The molecule has 1 heterocycles. The second-order valence-electron chi connectivity index (χ2n) is 7.42. The second-order valence-corrected chi connectivity index (χ2v) is 7.42. The zero-order chi connectivity index (χ0) is 20.4. The molecule has 0 aromatic heterocycles. The Balaban J connectivity index is 2.03. The molecule has 2 rings (SSSR count). The lowest BCUT2D eigenvalue weighted by Crippen LogP contribution is -2.49. The molecular formula is C18H23F3N2O4. The zero-order valence-electron chi connectivity index (χ0n) is 15.5. The van der Waals surface area contributed by atoms with E-state index in [1.54, 1.807) is 25.7 Å². The molecule has 0 spiro atoms. The number of hydrogen-bond donors (Lipinski definition) is 1. The number of halogens is 3. The van der Waals surface area contributed by atoms with Gasteiger partial charge in [0.15, 0.2) is 0 Å². The average molecular weight is 388 g/mol. The third-order valence-electron chi connectivity index (χ3n) is 4.09. The van der Waals surface area contributed by atoms with Gasteiger partial charge in [-0.25, -0.2) is 9.59 Å². The highest BCUT2D eigenvalue weighted by Gasteiger charge is 2.32. The highest BCUT2D eigenvalue weighted by molar-refractivity contribution is 5.89. The second kappa shape index (κ2) is 7.75. The first kappa shape index (κ1) is 21.0. The predicted molar refractivity (Wildman–Crippen MR) is 91.5 cm³/mol. The Morgan fingerprint density at radius 1 is 1.11 bits per heavy atom. The number of carbonyl (C=O) groups excluding carboxylic acids is 1. The number of rotatable bonds is 3. The standard InChI is InChI=1S/C18H23F3N2O4/c1-17(2,3)27-16(26)23-8-6-22(7-9-23)11-12-4-5-13(18(19,20)21)10-14(12)15(24)25/h4-5,10H,6-9,11H2,1-3H3,(H,24,25). The van der Waals surface area contributed by atoms with Crippen LogP contribution in [-0.2, 0) is 17.5 Å². The quantitative estimate of drug-likeness (QED) is 0.859. The van der Waals surface area contributed by atoms with Gasteiger partial charge in [0.05, 0.1) is 11.1 Å².